The molecule has 1 N–H and O–H groups in total. The molecule has 0 aliphatic rings. The molecule has 0 aliphatic carbocycles. The van der Waals surface area contributed by atoms with E-state index in [4.69, 9.17) is 9.52 Å². The summed E-state index contributed by atoms with van der Waals surface area (Å²) in [6.45, 7) is -0.588. The average Bonchev–Trinajstić information content (AvgIpc) is 2.54. The predicted octanol–water partition coefficient (Wildman–Crippen LogP) is 2.64. The van der Waals surface area contributed by atoms with Crippen molar-refractivity contribution in [1.29, 1.82) is 0 Å². The molecule has 0 saturated heterocycles. The molecule has 2 aromatic carbocycles. The fourth-order valence-electron chi connectivity index (χ4n) is 2.26. The van der Waals surface area contributed by atoms with Gasteiger partial charge in [0.25, 0.3) is 0 Å². The van der Waals surface area contributed by atoms with Crippen molar-refractivity contribution in [2.45, 2.75) is 0 Å². The summed E-state index contributed by atoms with van der Waals surface area (Å²) < 4.78 is 5.73. The van der Waals surface area contributed by atoms with Crippen LogP contribution >= 0.6 is 0 Å². The van der Waals surface area contributed by atoms with E-state index in [1.165, 1.54) is 6.07 Å². The average molecular weight is 280 g/mol. The lowest BCUT2D eigenvalue weighted by Gasteiger charge is -2.07. The second-order valence-corrected chi connectivity index (χ2v) is 4.60. The zero-order chi connectivity index (χ0) is 14.8. The van der Waals surface area contributed by atoms with Gasteiger partial charge in [-0.1, -0.05) is 36.4 Å². The number of fused-ring (bicyclic) bond motifs is 1. The van der Waals surface area contributed by atoms with Gasteiger partial charge >= 0.3 is 0 Å². The van der Waals surface area contributed by atoms with Crippen molar-refractivity contribution in [2.75, 3.05) is 6.61 Å². The zero-order valence-electron chi connectivity index (χ0n) is 11.1. The lowest BCUT2D eigenvalue weighted by Crippen LogP contribution is -2.07. The first-order valence-electron chi connectivity index (χ1n) is 6.47. The Bertz CT molecular complexity index is 877. The summed E-state index contributed by atoms with van der Waals surface area (Å²) in [5.41, 5.74) is 1.13. The van der Waals surface area contributed by atoms with Gasteiger partial charge in [0.15, 0.2) is 11.2 Å². The van der Waals surface area contributed by atoms with Crippen molar-refractivity contribution in [2.24, 2.45) is 0 Å². The molecule has 0 fully saturated rings. The van der Waals surface area contributed by atoms with E-state index in [0.29, 0.717) is 27.9 Å². The van der Waals surface area contributed by atoms with E-state index < -0.39 is 12.4 Å². The normalized spacial score (nSPS) is 10.7. The zero-order valence-corrected chi connectivity index (χ0v) is 11.1. The van der Waals surface area contributed by atoms with Crippen LogP contribution in [0.15, 0.2) is 63.8 Å². The minimum Gasteiger partial charge on any atom is -0.456 e. The van der Waals surface area contributed by atoms with Crippen LogP contribution in [-0.2, 0) is 0 Å². The molecule has 0 radical (unpaired) electrons. The van der Waals surface area contributed by atoms with Gasteiger partial charge in [-0.25, -0.2) is 0 Å². The SMILES string of the molecule is O=C(CO)c1ccccc1-c1cc(=O)c2ccccc2o1. The fourth-order valence-corrected chi connectivity index (χ4v) is 2.26. The van der Waals surface area contributed by atoms with Crippen LogP contribution in [0.3, 0.4) is 0 Å². The van der Waals surface area contributed by atoms with E-state index >= 15 is 0 Å². The molecule has 3 rings (SSSR count). The van der Waals surface area contributed by atoms with Crippen LogP contribution in [0.25, 0.3) is 22.3 Å². The molecule has 0 bridgehead atoms. The minimum atomic E-state index is -0.588. The fraction of sp³-hybridized carbons (Fsp3) is 0.0588. The molecule has 0 saturated carbocycles. The highest BCUT2D eigenvalue weighted by Crippen LogP contribution is 2.25. The van der Waals surface area contributed by atoms with Gasteiger partial charge in [0.05, 0.1) is 5.39 Å². The Labute approximate surface area is 120 Å². The van der Waals surface area contributed by atoms with Crippen LogP contribution in [-0.4, -0.2) is 17.5 Å². The molecule has 0 aliphatic heterocycles. The van der Waals surface area contributed by atoms with Crippen LogP contribution in [0.2, 0.25) is 0 Å². The summed E-state index contributed by atoms with van der Waals surface area (Å²) in [5.74, 6) is -0.0995. The topological polar surface area (TPSA) is 67.5 Å². The maximum atomic E-state index is 12.1. The summed E-state index contributed by atoms with van der Waals surface area (Å²) in [6, 6.07) is 15.0. The van der Waals surface area contributed by atoms with Gasteiger partial charge in [-0.2, -0.15) is 0 Å². The van der Waals surface area contributed by atoms with Crippen LogP contribution in [0.1, 0.15) is 10.4 Å². The van der Waals surface area contributed by atoms with E-state index in [-0.39, 0.29) is 5.43 Å². The van der Waals surface area contributed by atoms with Crippen LogP contribution in [0, 0.1) is 0 Å². The van der Waals surface area contributed by atoms with Gasteiger partial charge in [0.2, 0.25) is 0 Å². The van der Waals surface area contributed by atoms with Crippen molar-refractivity contribution in [3.05, 3.63) is 70.4 Å². The molecule has 1 heterocycles. The highest BCUT2D eigenvalue weighted by atomic mass is 16.3. The number of carbonyl (C=O) groups excluding carboxylic acids is 1. The Balaban J connectivity index is 2.27. The highest BCUT2D eigenvalue weighted by Gasteiger charge is 2.14. The molecule has 4 heteroatoms. The maximum absolute atomic E-state index is 12.1. The number of aliphatic hydroxyl groups is 1. The third-order valence-corrected chi connectivity index (χ3v) is 3.27. The van der Waals surface area contributed by atoms with E-state index in [0.717, 1.165) is 0 Å². The first-order chi connectivity index (χ1) is 10.2. The van der Waals surface area contributed by atoms with Gasteiger partial charge in [-0.3, -0.25) is 9.59 Å². The standard InChI is InChI=1S/C17H12O4/c18-10-15(20)11-5-1-2-6-12(11)17-9-14(19)13-7-3-4-8-16(13)21-17/h1-9,18H,10H2. The van der Waals surface area contributed by atoms with E-state index in [1.54, 1.807) is 48.5 Å². The first-order valence-corrected chi connectivity index (χ1v) is 6.47. The number of benzene rings is 2. The number of ketones is 1. The van der Waals surface area contributed by atoms with Gasteiger partial charge in [0.1, 0.15) is 18.0 Å². The predicted molar refractivity (Wildman–Crippen MR) is 79.3 cm³/mol. The molecule has 4 nitrogen and oxygen atoms in total. The molecule has 0 amide bonds. The Morgan fingerprint density at radius 3 is 2.57 bits per heavy atom. The monoisotopic (exact) mass is 280 g/mol. The molecular formula is C17H12O4. The lowest BCUT2D eigenvalue weighted by molar-refractivity contribution is 0.0904. The molecule has 104 valence electrons. The van der Waals surface area contributed by atoms with E-state index in [2.05, 4.69) is 0 Å². The van der Waals surface area contributed by atoms with Crippen molar-refractivity contribution in [1.82, 2.24) is 0 Å². The third-order valence-electron chi connectivity index (χ3n) is 3.27. The number of aliphatic hydroxyl groups excluding tert-OH is 1. The second kappa shape index (κ2) is 5.34. The van der Waals surface area contributed by atoms with Gasteiger partial charge in [-0.15, -0.1) is 0 Å². The highest BCUT2D eigenvalue weighted by molar-refractivity contribution is 6.02. The summed E-state index contributed by atoms with van der Waals surface area (Å²) >= 11 is 0. The molecule has 0 unspecified atom stereocenters. The van der Waals surface area contributed by atoms with Gasteiger partial charge < -0.3 is 9.52 Å². The summed E-state index contributed by atoms with van der Waals surface area (Å²) in [6.07, 6.45) is 0. The maximum Gasteiger partial charge on any atom is 0.193 e. The molecule has 3 aromatic rings. The van der Waals surface area contributed by atoms with Crippen molar-refractivity contribution < 1.29 is 14.3 Å². The molecule has 1 aromatic heterocycles. The summed E-state index contributed by atoms with van der Waals surface area (Å²) in [7, 11) is 0. The number of hydrogen-bond acceptors (Lipinski definition) is 4. The van der Waals surface area contributed by atoms with Crippen LogP contribution in [0.4, 0.5) is 0 Å². The Kier molecular flexibility index (Phi) is 3.38. The van der Waals surface area contributed by atoms with E-state index in [9.17, 15) is 9.59 Å². The number of para-hydroxylation sites is 1. The van der Waals surface area contributed by atoms with Gasteiger partial charge in [-0.05, 0) is 12.1 Å². The lowest BCUT2D eigenvalue weighted by atomic mass is 10.0. The van der Waals surface area contributed by atoms with Gasteiger partial charge in [0, 0.05) is 17.2 Å². The van der Waals surface area contributed by atoms with Crippen molar-refractivity contribution in [3.63, 3.8) is 0 Å². The summed E-state index contributed by atoms with van der Waals surface area (Å²) in [4.78, 5) is 23.9. The van der Waals surface area contributed by atoms with Crippen molar-refractivity contribution in [3.8, 4) is 11.3 Å². The molecule has 0 spiro atoms. The number of Topliss-reactive ketones (excluding diaryl/α,β-unsaturated/α-hetero) is 1. The van der Waals surface area contributed by atoms with Crippen LogP contribution in [0.5, 0.6) is 0 Å². The van der Waals surface area contributed by atoms with E-state index in [1.807, 2.05) is 0 Å². The second-order valence-electron chi connectivity index (χ2n) is 4.60. The largest absolute Gasteiger partial charge is 0.456 e. The Morgan fingerprint density at radius 2 is 1.76 bits per heavy atom. The Hall–Kier alpha value is -2.72. The first kappa shape index (κ1) is 13.3. The smallest absolute Gasteiger partial charge is 0.193 e. The molecular weight excluding hydrogens is 268 g/mol. The van der Waals surface area contributed by atoms with Crippen LogP contribution < -0.4 is 5.43 Å². The molecule has 0 atom stereocenters. The molecule has 21 heavy (non-hydrogen) atoms. The number of rotatable bonds is 3. The minimum absolute atomic E-state index is 0.168. The number of carbonyl (C=O) groups is 1. The Morgan fingerprint density at radius 1 is 1.05 bits per heavy atom. The summed E-state index contributed by atoms with van der Waals surface area (Å²) in [5, 5.41) is 9.54. The quantitative estimate of drug-likeness (QED) is 0.749. The number of hydrogen-bond donors (Lipinski definition) is 1. The van der Waals surface area contributed by atoms with Crippen molar-refractivity contribution >= 4 is 16.8 Å². The third kappa shape index (κ3) is 2.37.